The summed E-state index contributed by atoms with van der Waals surface area (Å²) in [7, 11) is 0. The van der Waals surface area contributed by atoms with Gasteiger partial charge >= 0.3 is 6.18 Å². The van der Waals surface area contributed by atoms with Gasteiger partial charge in [0.05, 0.1) is 6.04 Å². The second-order valence-electron chi connectivity index (χ2n) is 4.40. The number of nitrogens with two attached hydrogens (primary N) is 1. The molecule has 6 heteroatoms. The molecule has 2 atom stereocenters. The summed E-state index contributed by atoms with van der Waals surface area (Å²) in [5, 5.41) is 0. The number of hydrogen-bond acceptors (Lipinski definition) is 3. The summed E-state index contributed by atoms with van der Waals surface area (Å²) in [5.41, 5.74) is 3.44. The number of para-hydroxylation sites is 1. The van der Waals surface area contributed by atoms with Gasteiger partial charge in [-0.15, -0.1) is 0 Å². The van der Waals surface area contributed by atoms with E-state index in [1.54, 1.807) is 0 Å². The van der Waals surface area contributed by atoms with Crippen LogP contribution in [0.5, 0.6) is 5.75 Å². The summed E-state index contributed by atoms with van der Waals surface area (Å²) in [5.74, 6) is 6.05. The topological polar surface area (TPSA) is 47.3 Å². The molecule has 0 radical (unpaired) electrons. The Labute approximate surface area is 103 Å². The van der Waals surface area contributed by atoms with Crippen LogP contribution in [-0.4, -0.2) is 18.3 Å². The Bertz CT molecular complexity index is 384. The fourth-order valence-corrected chi connectivity index (χ4v) is 2.13. The van der Waals surface area contributed by atoms with Gasteiger partial charge in [-0.1, -0.05) is 18.2 Å². The van der Waals surface area contributed by atoms with Crippen LogP contribution in [0, 0.1) is 0 Å². The van der Waals surface area contributed by atoms with Crippen molar-refractivity contribution in [3.8, 4) is 5.75 Å². The molecule has 1 aliphatic rings. The second kappa shape index (κ2) is 5.16. The fraction of sp³-hybridized carbons (Fsp3) is 0.500. The highest BCUT2D eigenvalue weighted by molar-refractivity contribution is 5.37. The number of alkyl halides is 3. The van der Waals surface area contributed by atoms with Crippen LogP contribution in [-0.2, 0) is 6.42 Å². The van der Waals surface area contributed by atoms with Crippen LogP contribution in [0.4, 0.5) is 13.2 Å². The third-order valence-corrected chi connectivity index (χ3v) is 3.07. The third kappa shape index (κ3) is 3.14. The molecule has 1 aliphatic heterocycles. The van der Waals surface area contributed by atoms with E-state index in [9.17, 15) is 13.2 Å². The summed E-state index contributed by atoms with van der Waals surface area (Å²) in [6, 6.07) is 6.94. The maximum Gasteiger partial charge on any atom is 0.389 e. The first-order chi connectivity index (χ1) is 8.49. The molecule has 18 heavy (non-hydrogen) atoms. The van der Waals surface area contributed by atoms with Crippen molar-refractivity contribution in [2.45, 2.75) is 37.6 Å². The SMILES string of the molecule is NNC(CCC(F)(F)F)C1Cc2ccccc2O1. The molecule has 0 aliphatic carbocycles. The number of fused-ring (bicyclic) bond motifs is 1. The zero-order valence-corrected chi connectivity index (χ0v) is 9.70. The molecule has 3 nitrogen and oxygen atoms in total. The average molecular weight is 260 g/mol. The van der Waals surface area contributed by atoms with E-state index < -0.39 is 18.6 Å². The molecule has 100 valence electrons. The molecule has 0 fully saturated rings. The van der Waals surface area contributed by atoms with Gasteiger partial charge in [0, 0.05) is 12.8 Å². The lowest BCUT2D eigenvalue weighted by Crippen LogP contribution is -2.46. The predicted molar refractivity (Wildman–Crippen MR) is 61.0 cm³/mol. The Balaban J connectivity index is 1.96. The lowest BCUT2D eigenvalue weighted by Gasteiger charge is -2.22. The average Bonchev–Trinajstić information content (AvgIpc) is 2.71. The van der Waals surface area contributed by atoms with E-state index in [-0.39, 0.29) is 12.5 Å². The highest BCUT2D eigenvalue weighted by Gasteiger charge is 2.34. The fourth-order valence-electron chi connectivity index (χ4n) is 2.13. The molecule has 0 saturated heterocycles. The number of hydrogen-bond donors (Lipinski definition) is 2. The van der Waals surface area contributed by atoms with Crippen LogP contribution in [0.2, 0.25) is 0 Å². The highest BCUT2D eigenvalue weighted by atomic mass is 19.4. The van der Waals surface area contributed by atoms with Crippen molar-refractivity contribution < 1.29 is 17.9 Å². The van der Waals surface area contributed by atoms with Gasteiger partial charge in [0.1, 0.15) is 11.9 Å². The molecule has 0 bridgehead atoms. The molecule has 2 rings (SSSR count). The molecule has 1 heterocycles. The molecule has 0 aromatic heterocycles. The number of nitrogens with one attached hydrogen (secondary N) is 1. The summed E-state index contributed by atoms with van der Waals surface area (Å²) < 4.78 is 42.2. The van der Waals surface area contributed by atoms with Gasteiger partial charge in [-0.25, -0.2) is 0 Å². The second-order valence-corrected chi connectivity index (χ2v) is 4.40. The summed E-state index contributed by atoms with van der Waals surface area (Å²) in [6.45, 7) is 0. The molecular formula is C12H15F3N2O. The molecular weight excluding hydrogens is 245 g/mol. The van der Waals surface area contributed by atoms with Crippen molar-refractivity contribution in [1.82, 2.24) is 5.43 Å². The van der Waals surface area contributed by atoms with Gasteiger partial charge in [0.25, 0.3) is 0 Å². The Morgan fingerprint density at radius 1 is 1.39 bits per heavy atom. The largest absolute Gasteiger partial charge is 0.488 e. The van der Waals surface area contributed by atoms with Gasteiger partial charge in [0.2, 0.25) is 0 Å². The third-order valence-electron chi connectivity index (χ3n) is 3.07. The normalized spacial score (nSPS) is 20.3. The highest BCUT2D eigenvalue weighted by Crippen LogP contribution is 2.31. The Morgan fingerprint density at radius 2 is 2.11 bits per heavy atom. The van der Waals surface area contributed by atoms with Crippen LogP contribution in [0.1, 0.15) is 18.4 Å². The standard InChI is InChI=1S/C12H15F3N2O/c13-12(14,15)6-5-9(17-16)11-7-8-3-1-2-4-10(8)18-11/h1-4,9,11,17H,5-7,16H2. The molecule has 0 amide bonds. The molecule has 3 N–H and O–H groups in total. The molecule has 1 aromatic rings. The van der Waals surface area contributed by atoms with E-state index in [1.807, 2.05) is 24.3 Å². The van der Waals surface area contributed by atoms with Crippen LogP contribution < -0.4 is 16.0 Å². The zero-order valence-electron chi connectivity index (χ0n) is 9.70. The first-order valence-electron chi connectivity index (χ1n) is 5.77. The van der Waals surface area contributed by atoms with E-state index in [0.717, 1.165) is 11.3 Å². The Hall–Kier alpha value is -1.27. The van der Waals surface area contributed by atoms with Gasteiger partial charge in [-0.3, -0.25) is 11.3 Å². The first kappa shape index (κ1) is 13.2. The van der Waals surface area contributed by atoms with Crippen LogP contribution in [0.3, 0.4) is 0 Å². The minimum absolute atomic E-state index is 0.0847. The summed E-state index contributed by atoms with van der Waals surface area (Å²) in [4.78, 5) is 0. The number of rotatable bonds is 4. The maximum absolute atomic E-state index is 12.2. The van der Waals surface area contributed by atoms with E-state index >= 15 is 0 Å². The monoisotopic (exact) mass is 260 g/mol. The van der Waals surface area contributed by atoms with Gasteiger partial charge in [0.15, 0.2) is 0 Å². The zero-order chi connectivity index (χ0) is 13.2. The maximum atomic E-state index is 12.2. The molecule has 0 spiro atoms. The first-order valence-corrected chi connectivity index (χ1v) is 5.77. The van der Waals surface area contributed by atoms with Crippen molar-refractivity contribution in [3.05, 3.63) is 29.8 Å². The number of benzene rings is 1. The molecule has 1 aromatic carbocycles. The van der Waals surface area contributed by atoms with Gasteiger partial charge in [-0.05, 0) is 18.1 Å². The minimum Gasteiger partial charge on any atom is -0.488 e. The molecule has 0 saturated carbocycles. The lowest BCUT2D eigenvalue weighted by atomic mass is 10.0. The van der Waals surface area contributed by atoms with Gasteiger partial charge < -0.3 is 4.74 Å². The quantitative estimate of drug-likeness (QED) is 0.644. The summed E-state index contributed by atoms with van der Waals surface area (Å²) in [6.07, 6.45) is -4.87. The Morgan fingerprint density at radius 3 is 2.72 bits per heavy atom. The van der Waals surface area contributed by atoms with Gasteiger partial charge in [-0.2, -0.15) is 13.2 Å². The predicted octanol–water partition coefficient (Wildman–Crippen LogP) is 2.16. The van der Waals surface area contributed by atoms with E-state index in [0.29, 0.717) is 6.42 Å². The van der Waals surface area contributed by atoms with Crippen molar-refractivity contribution in [2.24, 2.45) is 5.84 Å². The van der Waals surface area contributed by atoms with Crippen molar-refractivity contribution >= 4 is 0 Å². The lowest BCUT2D eigenvalue weighted by molar-refractivity contribution is -0.137. The minimum atomic E-state index is -4.17. The van der Waals surface area contributed by atoms with E-state index in [1.165, 1.54) is 0 Å². The smallest absolute Gasteiger partial charge is 0.389 e. The van der Waals surface area contributed by atoms with Crippen LogP contribution in [0.15, 0.2) is 24.3 Å². The van der Waals surface area contributed by atoms with E-state index in [2.05, 4.69) is 5.43 Å². The van der Waals surface area contributed by atoms with Crippen molar-refractivity contribution in [1.29, 1.82) is 0 Å². The number of ether oxygens (including phenoxy) is 1. The summed E-state index contributed by atoms with van der Waals surface area (Å²) >= 11 is 0. The number of halogens is 3. The van der Waals surface area contributed by atoms with Crippen LogP contribution >= 0.6 is 0 Å². The van der Waals surface area contributed by atoms with E-state index in [4.69, 9.17) is 10.6 Å². The van der Waals surface area contributed by atoms with Crippen LogP contribution in [0.25, 0.3) is 0 Å². The van der Waals surface area contributed by atoms with Crippen molar-refractivity contribution in [3.63, 3.8) is 0 Å². The number of hydrazine groups is 1. The Kier molecular flexibility index (Phi) is 3.77. The van der Waals surface area contributed by atoms with Crippen molar-refractivity contribution in [2.75, 3.05) is 0 Å². The molecule has 2 unspecified atom stereocenters.